The molecule has 132 valence electrons. The molecular weight excluding hydrogens is 300 g/mol. The number of hydrogen-bond acceptors (Lipinski definition) is 5. The van der Waals surface area contributed by atoms with E-state index < -0.39 is 17.3 Å². The number of rotatable bonds is 6. The van der Waals surface area contributed by atoms with Gasteiger partial charge in [0.15, 0.2) is 0 Å². The van der Waals surface area contributed by atoms with E-state index in [0.717, 1.165) is 30.3 Å². The molecule has 1 aromatic heterocycles. The average molecular weight is 328 g/mol. The summed E-state index contributed by atoms with van der Waals surface area (Å²) in [6.45, 7) is 4.77. The van der Waals surface area contributed by atoms with Gasteiger partial charge in [0, 0.05) is 28.7 Å². The molecule has 8 heteroatoms. The largest absolute Gasteiger partial charge is 0.378 e. The Labute approximate surface area is 137 Å². The fraction of sp³-hybridized carbons (Fsp3) is 0.667. The van der Waals surface area contributed by atoms with Gasteiger partial charge >= 0.3 is 11.7 Å². The third-order valence-corrected chi connectivity index (χ3v) is 3.80. The molecular formula is C15H28N4O4. The van der Waals surface area contributed by atoms with Gasteiger partial charge in [-0.1, -0.05) is 26.2 Å². The molecule has 1 fully saturated rings. The molecule has 0 aromatic carbocycles. The predicted octanol–water partition coefficient (Wildman–Crippen LogP) is 1.00. The first-order valence-electron chi connectivity index (χ1n) is 8.10. The summed E-state index contributed by atoms with van der Waals surface area (Å²) in [5.74, 6) is 0. The van der Waals surface area contributed by atoms with Crippen molar-refractivity contribution in [2.75, 3.05) is 37.7 Å². The molecule has 1 aliphatic rings. The zero-order chi connectivity index (χ0) is 16.7. The minimum Gasteiger partial charge on any atom is -0.378 e. The van der Waals surface area contributed by atoms with Gasteiger partial charge in [0.05, 0.1) is 13.2 Å². The van der Waals surface area contributed by atoms with E-state index in [1.54, 1.807) is 0 Å². The molecule has 1 saturated heterocycles. The Morgan fingerprint density at radius 2 is 2.04 bits per heavy atom. The van der Waals surface area contributed by atoms with Crippen LogP contribution in [0.15, 0.2) is 15.8 Å². The number of ether oxygens (including phenoxy) is 1. The highest BCUT2D eigenvalue weighted by Gasteiger charge is 2.17. The standard InChI is InChI=1S/C15H24N4O4.2H2/c1-2-3-4-5-6-16-14(21)19-11-12(13(20)17-15(19)22)18-7-9-23-10-8-18;;/h11H,2-10H2,1H3,(H,16,21)(H,17,20,22);2*1H. The molecule has 0 bridgehead atoms. The molecule has 0 radical (unpaired) electrons. The zero-order valence-electron chi connectivity index (χ0n) is 13.5. The van der Waals surface area contributed by atoms with Crippen LogP contribution in [0.1, 0.15) is 35.5 Å². The van der Waals surface area contributed by atoms with Crippen LogP contribution < -0.4 is 21.5 Å². The Kier molecular flexibility index (Phi) is 6.40. The first-order valence-corrected chi connectivity index (χ1v) is 8.10. The van der Waals surface area contributed by atoms with Gasteiger partial charge in [0.2, 0.25) is 0 Å². The topological polar surface area (TPSA) is 96.4 Å². The lowest BCUT2D eigenvalue weighted by molar-refractivity contribution is 0.122. The van der Waals surface area contributed by atoms with Crippen LogP contribution in [0, 0.1) is 0 Å². The summed E-state index contributed by atoms with van der Waals surface area (Å²) in [6, 6.07) is -0.516. The Hall–Kier alpha value is -2.09. The summed E-state index contributed by atoms with van der Waals surface area (Å²) in [7, 11) is 0. The van der Waals surface area contributed by atoms with E-state index >= 15 is 0 Å². The van der Waals surface area contributed by atoms with Crippen molar-refractivity contribution in [3.8, 4) is 0 Å². The molecule has 1 amide bonds. The Balaban J connectivity index is 0.00000288. The summed E-state index contributed by atoms with van der Waals surface area (Å²) in [6.07, 6.45) is 5.46. The molecule has 23 heavy (non-hydrogen) atoms. The number of aromatic amines is 1. The quantitative estimate of drug-likeness (QED) is 0.760. The number of anilines is 1. The van der Waals surface area contributed by atoms with Crippen molar-refractivity contribution in [2.24, 2.45) is 0 Å². The average Bonchev–Trinajstić information content (AvgIpc) is 2.55. The van der Waals surface area contributed by atoms with Crippen LogP contribution in [0.4, 0.5) is 10.5 Å². The lowest BCUT2D eigenvalue weighted by atomic mass is 10.2. The fourth-order valence-electron chi connectivity index (χ4n) is 2.47. The summed E-state index contributed by atoms with van der Waals surface area (Å²) < 4.78 is 6.17. The van der Waals surface area contributed by atoms with Crippen molar-refractivity contribution in [1.29, 1.82) is 0 Å². The molecule has 1 aliphatic heterocycles. The Bertz CT molecular complexity index is 641. The molecule has 8 nitrogen and oxygen atoms in total. The predicted molar refractivity (Wildman–Crippen MR) is 91.5 cm³/mol. The van der Waals surface area contributed by atoms with Crippen molar-refractivity contribution < 1.29 is 12.4 Å². The number of nitrogens with zero attached hydrogens (tertiary/aromatic N) is 2. The van der Waals surface area contributed by atoms with Crippen LogP contribution in [0.3, 0.4) is 0 Å². The van der Waals surface area contributed by atoms with Gasteiger partial charge in [-0.15, -0.1) is 0 Å². The van der Waals surface area contributed by atoms with Crippen LogP contribution in [0.25, 0.3) is 0 Å². The highest BCUT2D eigenvalue weighted by atomic mass is 16.5. The van der Waals surface area contributed by atoms with Crippen LogP contribution >= 0.6 is 0 Å². The third kappa shape index (κ3) is 4.69. The second kappa shape index (κ2) is 8.52. The van der Waals surface area contributed by atoms with Crippen LogP contribution in [-0.4, -0.2) is 48.4 Å². The van der Waals surface area contributed by atoms with Crippen LogP contribution in [0.2, 0.25) is 0 Å². The van der Waals surface area contributed by atoms with E-state index in [4.69, 9.17) is 4.74 Å². The van der Waals surface area contributed by atoms with E-state index in [2.05, 4.69) is 17.2 Å². The van der Waals surface area contributed by atoms with E-state index in [-0.39, 0.29) is 2.85 Å². The van der Waals surface area contributed by atoms with E-state index in [0.29, 0.717) is 38.5 Å². The van der Waals surface area contributed by atoms with Crippen molar-refractivity contribution in [3.63, 3.8) is 0 Å². The van der Waals surface area contributed by atoms with Gasteiger partial charge in [-0.05, 0) is 6.42 Å². The third-order valence-electron chi connectivity index (χ3n) is 3.80. The van der Waals surface area contributed by atoms with Gasteiger partial charge in [0.25, 0.3) is 5.56 Å². The molecule has 2 N–H and O–H groups in total. The van der Waals surface area contributed by atoms with Crippen molar-refractivity contribution in [3.05, 3.63) is 27.0 Å². The number of H-pyrrole nitrogens is 1. The highest BCUT2D eigenvalue weighted by molar-refractivity contribution is 5.77. The van der Waals surface area contributed by atoms with Crippen molar-refractivity contribution in [2.45, 2.75) is 32.6 Å². The van der Waals surface area contributed by atoms with Crippen LogP contribution in [0.5, 0.6) is 0 Å². The number of unbranched alkanes of at least 4 members (excludes halogenated alkanes) is 3. The fourth-order valence-corrected chi connectivity index (χ4v) is 2.47. The maximum absolute atomic E-state index is 12.1. The molecule has 1 aromatic rings. The summed E-state index contributed by atoms with van der Waals surface area (Å²) in [5.41, 5.74) is -0.893. The number of aromatic nitrogens is 2. The first-order chi connectivity index (χ1) is 11.1. The number of carbonyl (C=O) groups excluding carboxylic acids is 1. The van der Waals surface area contributed by atoms with E-state index in [1.807, 2.05) is 4.90 Å². The smallest absolute Gasteiger partial charge is 0.336 e. The monoisotopic (exact) mass is 328 g/mol. The maximum Gasteiger partial charge on any atom is 0.336 e. The molecule has 2 heterocycles. The highest BCUT2D eigenvalue weighted by Crippen LogP contribution is 2.08. The molecule has 0 spiro atoms. The first kappa shape index (κ1) is 17.3. The summed E-state index contributed by atoms with van der Waals surface area (Å²) in [4.78, 5) is 40.0. The van der Waals surface area contributed by atoms with E-state index in [9.17, 15) is 14.4 Å². The number of nitrogens with one attached hydrogen (secondary N) is 2. The van der Waals surface area contributed by atoms with Crippen molar-refractivity contribution in [1.82, 2.24) is 14.9 Å². The number of hydrogen-bond donors (Lipinski definition) is 2. The Morgan fingerprint density at radius 1 is 1.30 bits per heavy atom. The molecule has 0 aliphatic carbocycles. The van der Waals surface area contributed by atoms with Gasteiger partial charge in [0.1, 0.15) is 5.69 Å². The van der Waals surface area contributed by atoms with Crippen LogP contribution in [-0.2, 0) is 4.74 Å². The summed E-state index contributed by atoms with van der Waals surface area (Å²) >= 11 is 0. The maximum atomic E-state index is 12.1. The minimum atomic E-state index is -0.724. The van der Waals surface area contributed by atoms with Gasteiger partial charge in [-0.25, -0.2) is 14.2 Å². The zero-order valence-corrected chi connectivity index (χ0v) is 13.5. The Morgan fingerprint density at radius 3 is 2.74 bits per heavy atom. The number of morpholine rings is 1. The number of amides is 1. The lowest BCUT2D eigenvalue weighted by Gasteiger charge is -2.28. The second-order valence-corrected chi connectivity index (χ2v) is 5.54. The molecule has 2 rings (SSSR count). The van der Waals surface area contributed by atoms with Crippen molar-refractivity contribution >= 4 is 11.7 Å². The molecule has 0 saturated carbocycles. The van der Waals surface area contributed by atoms with Gasteiger partial charge < -0.3 is 15.0 Å². The normalized spacial score (nSPS) is 14.7. The van der Waals surface area contributed by atoms with Gasteiger partial charge in [-0.3, -0.25) is 9.78 Å². The SMILES string of the molecule is CCCCCCNC(=O)n1cc(N2CCOCC2)c(=O)[nH]c1=O.[HH].[HH]. The summed E-state index contributed by atoms with van der Waals surface area (Å²) in [5, 5.41) is 2.71. The lowest BCUT2D eigenvalue weighted by Crippen LogP contribution is -2.44. The molecule has 0 unspecified atom stereocenters. The second-order valence-electron chi connectivity index (χ2n) is 5.54. The minimum absolute atomic E-state index is 0. The van der Waals surface area contributed by atoms with Gasteiger partial charge in [-0.2, -0.15) is 0 Å². The van der Waals surface area contributed by atoms with E-state index in [1.165, 1.54) is 6.20 Å². The molecule has 0 atom stereocenters. The number of carbonyl (C=O) groups is 1.